The first-order valence-electron chi connectivity index (χ1n) is 7.52. The average Bonchev–Trinajstić information content (AvgIpc) is 3.25. The molecule has 0 bridgehead atoms. The van der Waals surface area contributed by atoms with Gasteiger partial charge >= 0.3 is 0 Å². The lowest BCUT2D eigenvalue weighted by Gasteiger charge is -2.30. The molecule has 0 fully saturated rings. The Kier molecular flexibility index (Phi) is 5.27. The van der Waals surface area contributed by atoms with Gasteiger partial charge in [-0.3, -0.25) is 0 Å². The van der Waals surface area contributed by atoms with E-state index in [2.05, 4.69) is 18.3 Å². The van der Waals surface area contributed by atoms with Crippen LogP contribution in [-0.2, 0) is 6.54 Å². The Bertz CT molecular complexity index is 787. The minimum Gasteiger partial charge on any atom is -0.467 e. The number of thiocarbonyl (C=S) groups is 1. The highest BCUT2D eigenvalue weighted by molar-refractivity contribution is 7.80. The summed E-state index contributed by atoms with van der Waals surface area (Å²) in [6.07, 6.45) is 1.65. The van der Waals surface area contributed by atoms with Crippen LogP contribution in [-0.4, -0.2) is 10.0 Å². The number of halogens is 1. The number of hydrogen-bond donors (Lipinski definition) is 1. The van der Waals surface area contributed by atoms with Gasteiger partial charge in [0.2, 0.25) is 0 Å². The summed E-state index contributed by atoms with van der Waals surface area (Å²) in [7, 11) is 0. The molecule has 1 atom stereocenters. The average molecular weight is 360 g/mol. The Morgan fingerprint density at radius 1 is 1.29 bits per heavy atom. The smallest absolute Gasteiger partial charge is 0.174 e. The van der Waals surface area contributed by atoms with Crippen LogP contribution >= 0.6 is 23.6 Å². The van der Waals surface area contributed by atoms with E-state index in [0.29, 0.717) is 17.3 Å². The lowest BCUT2D eigenvalue weighted by Crippen LogP contribution is -2.36. The van der Waals surface area contributed by atoms with Crippen LogP contribution in [0.15, 0.2) is 64.6 Å². The van der Waals surface area contributed by atoms with E-state index in [0.717, 1.165) is 5.76 Å². The second-order valence-electron chi connectivity index (χ2n) is 5.34. The maximum absolute atomic E-state index is 13.4. The third-order valence-corrected chi connectivity index (χ3v) is 5.04. The Morgan fingerprint density at radius 2 is 2.17 bits per heavy atom. The van der Waals surface area contributed by atoms with Gasteiger partial charge in [-0.15, -0.1) is 11.3 Å². The van der Waals surface area contributed by atoms with Gasteiger partial charge in [-0.25, -0.2) is 4.39 Å². The van der Waals surface area contributed by atoms with Crippen LogP contribution in [0.4, 0.5) is 10.1 Å². The lowest BCUT2D eigenvalue weighted by molar-refractivity contribution is 0.306. The first-order chi connectivity index (χ1) is 11.6. The van der Waals surface area contributed by atoms with Gasteiger partial charge in [0, 0.05) is 10.6 Å². The zero-order chi connectivity index (χ0) is 16.9. The third kappa shape index (κ3) is 4.01. The summed E-state index contributed by atoms with van der Waals surface area (Å²) < 4.78 is 18.9. The van der Waals surface area contributed by atoms with Crippen molar-refractivity contribution in [3.05, 3.63) is 76.6 Å². The molecule has 3 aromatic rings. The number of nitrogens with one attached hydrogen (secondary N) is 1. The van der Waals surface area contributed by atoms with Crippen LogP contribution in [0.5, 0.6) is 0 Å². The standard InChI is InChI=1S/C18H17FN2OS2/c1-13(17-8-4-10-24-17)21(12-16-7-3-9-22-16)18(23)20-15-6-2-5-14(19)11-15/h2-11,13H,12H2,1H3,(H,20,23)/t13-/m1/s1. The fourth-order valence-corrected chi connectivity index (χ4v) is 3.54. The van der Waals surface area contributed by atoms with Crippen LogP contribution in [0.2, 0.25) is 0 Å². The summed E-state index contributed by atoms with van der Waals surface area (Å²) in [6.45, 7) is 2.63. The van der Waals surface area contributed by atoms with Gasteiger partial charge in [0.1, 0.15) is 11.6 Å². The third-order valence-electron chi connectivity index (χ3n) is 3.67. The summed E-state index contributed by atoms with van der Waals surface area (Å²) in [5.74, 6) is 0.522. The van der Waals surface area contributed by atoms with E-state index >= 15 is 0 Å². The van der Waals surface area contributed by atoms with Crippen LogP contribution < -0.4 is 5.32 Å². The molecule has 0 aliphatic heterocycles. The molecule has 1 aromatic carbocycles. The van der Waals surface area contributed by atoms with Gasteiger partial charge in [0.05, 0.1) is 18.8 Å². The topological polar surface area (TPSA) is 28.4 Å². The quantitative estimate of drug-likeness (QED) is 0.613. The number of furan rings is 1. The van der Waals surface area contributed by atoms with Crippen LogP contribution in [0, 0.1) is 5.82 Å². The molecule has 2 heterocycles. The zero-order valence-corrected chi connectivity index (χ0v) is 14.7. The molecule has 0 amide bonds. The number of nitrogens with zero attached hydrogens (tertiary/aromatic N) is 1. The molecule has 0 saturated heterocycles. The molecule has 24 heavy (non-hydrogen) atoms. The summed E-state index contributed by atoms with van der Waals surface area (Å²) in [4.78, 5) is 3.23. The fraction of sp³-hybridized carbons (Fsp3) is 0.167. The summed E-state index contributed by atoms with van der Waals surface area (Å²) in [6, 6.07) is 14.2. The number of anilines is 1. The number of benzene rings is 1. The van der Waals surface area contributed by atoms with Crippen LogP contribution in [0.3, 0.4) is 0 Å². The predicted octanol–water partition coefficient (Wildman–Crippen LogP) is 5.44. The Balaban J connectivity index is 1.81. The lowest BCUT2D eigenvalue weighted by atomic mass is 10.2. The minimum atomic E-state index is -0.299. The van der Waals surface area contributed by atoms with Crippen LogP contribution in [0.25, 0.3) is 0 Å². The summed E-state index contributed by atoms with van der Waals surface area (Å²) in [5, 5.41) is 5.69. The fourth-order valence-electron chi connectivity index (χ4n) is 2.40. The monoisotopic (exact) mass is 360 g/mol. The highest BCUT2D eigenvalue weighted by atomic mass is 32.1. The predicted molar refractivity (Wildman–Crippen MR) is 99.6 cm³/mol. The normalized spacial score (nSPS) is 11.9. The molecule has 0 radical (unpaired) electrons. The van der Waals surface area contributed by atoms with E-state index in [4.69, 9.17) is 16.6 Å². The molecule has 6 heteroatoms. The molecule has 0 spiro atoms. The molecule has 0 aliphatic carbocycles. The summed E-state index contributed by atoms with van der Waals surface area (Å²) in [5.41, 5.74) is 0.628. The van der Waals surface area contributed by atoms with Crippen molar-refractivity contribution in [2.24, 2.45) is 0 Å². The number of thiophene rings is 1. The largest absolute Gasteiger partial charge is 0.467 e. The van der Waals surface area contributed by atoms with Crippen molar-refractivity contribution in [3.8, 4) is 0 Å². The van der Waals surface area contributed by atoms with E-state index in [1.54, 1.807) is 29.7 Å². The van der Waals surface area contributed by atoms with Crippen molar-refractivity contribution >= 4 is 34.4 Å². The minimum absolute atomic E-state index is 0.0728. The van der Waals surface area contributed by atoms with Gasteiger partial charge in [0.25, 0.3) is 0 Å². The van der Waals surface area contributed by atoms with E-state index in [1.165, 1.54) is 17.0 Å². The second-order valence-corrected chi connectivity index (χ2v) is 6.71. The van der Waals surface area contributed by atoms with E-state index in [-0.39, 0.29) is 11.9 Å². The van der Waals surface area contributed by atoms with Gasteiger partial charge in [-0.2, -0.15) is 0 Å². The first-order valence-corrected chi connectivity index (χ1v) is 8.81. The highest BCUT2D eigenvalue weighted by Crippen LogP contribution is 2.27. The molecule has 3 nitrogen and oxygen atoms in total. The maximum atomic E-state index is 13.4. The molecule has 1 N–H and O–H groups in total. The molecular formula is C18H17FN2OS2. The molecule has 0 aliphatic rings. The zero-order valence-electron chi connectivity index (χ0n) is 13.1. The Hall–Kier alpha value is -2.18. The molecule has 0 saturated carbocycles. The van der Waals surface area contributed by atoms with Crippen molar-refractivity contribution in [2.45, 2.75) is 19.5 Å². The van der Waals surface area contributed by atoms with Crippen molar-refractivity contribution in [3.63, 3.8) is 0 Å². The van der Waals surface area contributed by atoms with E-state index in [9.17, 15) is 4.39 Å². The Labute approximate surface area is 149 Å². The van der Waals surface area contributed by atoms with Gasteiger partial charge in [-0.1, -0.05) is 12.1 Å². The van der Waals surface area contributed by atoms with E-state index < -0.39 is 0 Å². The molecule has 3 rings (SSSR count). The first kappa shape index (κ1) is 16.7. The van der Waals surface area contributed by atoms with Crippen molar-refractivity contribution < 1.29 is 8.81 Å². The number of hydrogen-bond acceptors (Lipinski definition) is 3. The number of rotatable bonds is 5. The second kappa shape index (κ2) is 7.59. The maximum Gasteiger partial charge on any atom is 0.174 e. The highest BCUT2D eigenvalue weighted by Gasteiger charge is 2.21. The van der Waals surface area contributed by atoms with Crippen LogP contribution in [0.1, 0.15) is 23.6 Å². The van der Waals surface area contributed by atoms with Gasteiger partial charge < -0.3 is 14.6 Å². The molecule has 0 unspecified atom stereocenters. The Morgan fingerprint density at radius 3 is 2.83 bits per heavy atom. The molecular weight excluding hydrogens is 343 g/mol. The van der Waals surface area contributed by atoms with Gasteiger partial charge in [-0.05, 0) is 60.9 Å². The summed E-state index contributed by atoms with van der Waals surface area (Å²) >= 11 is 7.26. The van der Waals surface area contributed by atoms with Crippen molar-refractivity contribution in [1.29, 1.82) is 0 Å². The van der Waals surface area contributed by atoms with Gasteiger partial charge in [0.15, 0.2) is 5.11 Å². The SMILES string of the molecule is C[C@H](c1cccs1)N(Cc1ccco1)C(=S)Nc1cccc(F)c1. The van der Waals surface area contributed by atoms with Crippen molar-refractivity contribution in [1.82, 2.24) is 4.90 Å². The molecule has 2 aromatic heterocycles. The molecule has 124 valence electrons. The van der Waals surface area contributed by atoms with Crippen molar-refractivity contribution in [2.75, 3.05) is 5.32 Å². The van der Waals surface area contributed by atoms with E-state index in [1.807, 2.05) is 28.5 Å².